The van der Waals surface area contributed by atoms with E-state index in [0.29, 0.717) is 0 Å². The Balaban J connectivity index is 1.11. The van der Waals surface area contributed by atoms with Gasteiger partial charge in [-0.2, -0.15) is 0 Å². The average Bonchev–Trinajstić information content (AvgIpc) is 3.82. The quantitative estimate of drug-likeness (QED) is 0.158. The first-order valence-electron chi connectivity index (χ1n) is 20.4. The van der Waals surface area contributed by atoms with Crippen LogP contribution in [0.1, 0.15) is 5.56 Å². The number of para-hydroxylation sites is 2. The monoisotopic (exact) mass is 875 g/mol. The lowest BCUT2D eigenvalue weighted by Crippen LogP contribution is -2.15. The molecule has 0 N–H and O–H groups in total. The molecule has 2 aromatic heterocycles. The van der Waals surface area contributed by atoms with E-state index in [1.54, 1.807) is 0 Å². The van der Waals surface area contributed by atoms with E-state index in [1.165, 1.54) is 101 Å². The lowest BCUT2D eigenvalue weighted by molar-refractivity contribution is 1.19. The summed E-state index contributed by atoms with van der Waals surface area (Å²) in [5.41, 5.74) is 10.6. The molecule has 10 aromatic carbocycles. The van der Waals surface area contributed by atoms with Gasteiger partial charge in [-0.3, -0.25) is 4.57 Å². The first kappa shape index (κ1) is 33.8. The van der Waals surface area contributed by atoms with Crippen LogP contribution < -0.4 is 5.22 Å². The predicted molar refractivity (Wildman–Crippen MR) is 262 cm³/mol. The number of aromatic nitrogens is 2. The highest BCUT2D eigenvalue weighted by Crippen LogP contribution is 2.44. The van der Waals surface area contributed by atoms with E-state index >= 15 is 0 Å². The fraction of sp³-hybridized carbons (Fsp3) is 0. The molecule has 0 amide bonds. The number of aliphatic imine (C=N–C) groups is 1. The lowest BCUT2D eigenvalue weighted by atomic mass is 9.94. The summed E-state index contributed by atoms with van der Waals surface area (Å²) in [4.78, 5) is 5.75. The van der Waals surface area contributed by atoms with Gasteiger partial charge in [0.15, 0.2) is 3.84 Å². The summed E-state index contributed by atoms with van der Waals surface area (Å²) in [6.45, 7) is 0. The maximum absolute atomic E-state index is 5.75. The first-order chi connectivity index (χ1) is 29.7. The fourth-order valence-corrected chi connectivity index (χ4v) is 12.4. The zero-order chi connectivity index (χ0) is 39.3. The van der Waals surface area contributed by atoms with Crippen molar-refractivity contribution in [3.05, 3.63) is 220 Å². The van der Waals surface area contributed by atoms with Crippen molar-refractivity contribution in [2.75, 3.05) is 0 Å². The number of hydrogen-bond acceptors (Lipinski definition) is 1. The smallest absolute Gasteiger partial charge is 0.171 e. The third kappa shape index (κ3) is 5.07. The van der Waals surface area contributed by atoms with Gasteiger partial charge in [-0.25, -0.2) is 4.99 Å². The summed E-state index contributed by atoms with van der Waals surface area (Å²) in [7, 11) is 0. The number of rotatable bonds is 3. The molecule has 0 atom stereocenters. The Hall–Kier alpha value is -7.15. The second kappa shape index (κ2) is 13.2. The van der Waals surface area contributed by atoms with Gasteiger partial charge < -0.3 is 4.57 Å². The lowest BCUT2D eigenvalue weighted by Gasteiger charge is -2.17. The van der Waals surface area contributed by atoms with Crippen LogP contribution in [0.2, 0.25) is 0 Å². The fourth-order valence-electron chi connectivity index (χ4n) is 9.65. The largest absolute Gasteiger partial charge is 0.309 e. The number of nitrogens with zero attached hydrogens (tertiary/aromatic N) is 3. The van der Waals surface area contributed by atoms with Gasteiger partial charge in [-0.1, -0.05) is 152 Å². The maximum Gasteiger partial charge on any atom is 0.171 e. The Morgan fingerprint density at radius 1 is 0.367 bits per heavy atom. The van der Waals surface area contributed by atoms with Crippen LogP contribution in [0.4, 0.5) is 0 Å². The van der Waals surface area contributed by atoms with Crippen LogP contribution in [0.3, 0.4) is 0 Å². The molecule has 3 heterocycles. The van der Waals surface area contributed by atoms with Crippen LogP contribution in [0.25, 0.3) is 98.4 Å². The zero-order valence-corrected chi connectivity index (χ0v) is 34.5. The zero-order valence-electron chi connectivity index (χ0n) is 32.3. The van der Waals surface area contributed by atoms with Crippen LogP contribution in [0, 0.1) is 3.15 Å². The molecule has 0 unspecified atom stereocenters. The minimum atomic E-state index is -0.655. The van der Waals surface area contributed by atoms with E-state index in [1.807, 2.05) is 0 Å². The molecule has 0 aliphatic carbocycles. The third-order valence-corrected chi connectivity index (χ3v) is 15.1. The normalized spacial score (nSPS) is 13.0. The molecule has 1 aliphatic heterocycles. The molecular weight excluding hydrogens is 842 g/mol. The molecule has 12 aromatic rings. The van der Waals surface area contributed by atoms with E-state index < -0.39 is 20.7 Å². The van der Waals surface area contributed by atoms with Crippen molar-refractivity contribution < 1.29 is 0 Å². The van der Waals surface area contributed by atoms with Gasteiger partial charge >= 0.3 is 0 Å². The first-order valence-corrected chi connectivity index (χ1v) is 22.6. The molecule has 0 bridgehead atoms. The van der Waals surface area contributed by atoms with Crippen molar-refractivity contribution in [3.8, 4) is 16.8 Å². The summed E-state index contributed by atoms with van der Waals surface area (Å²) in [6.07, 6.45) is 0. The summed E-state index contributed by atoms with van der Waals surface area (Å²) in [5, 5.41) is 13.6. The summed E-state index contributed by atoms with van der Waals surface area (Å²) >= 11 is -0.655. The highest BCUT2D eigenvalue weighted by atomic mass is 127. The molecule has 60 heavy (non-hydrogen) atoms. The van der Waals surface area contributed by atoms with Gasteiger partial charge in [-0.05, 0) is 113 Å². The van der Waals surface area contributed by atoms with Crippen LogP contribution in [-0.2, 0) is 0 Å². The second-order valence-electron chi connectivity index (χ2n) is 15.7. The molecule has 3 nitrogen and oxygen atoms in total. The van der Waals surface area contributed by atoms with Crippen molar-refractivity contribution in [2.45, 2.75) is 0 Å². The Morgan fingerprint density at radius 2 is 0.950 bits per heavy atom. The number of fused-ring (bicyclic) bond motifs is 10. The minimum absolute atomic E-state index is 0.655. The highest BCUT2D eigenvalue weighted by molar-refractivity contribution is 14.2. The summed E-state index contributed by atoms with van der Waals surface area (Å²) in [6, 6.07) is 76.0. The minimum Gasteiger partial charge on any atom is -0.309 e. The summed E-state index contributed by atoms with van der Waals surface area (Å²) in [5.74, 6) is 0. The molecule has 280 valence electrons. The van der Waals surface area contributed by atoms with E-state index in [4.69, 9.17) is 4.99 Å². The SMILES string of the molecule is c1ccc2c(c1)=IC(n1c3ccccc3c3cc4ccccc4c(-c4ccc5c(c4)c4ccccc4n5-c4ccc5ccccc5c4)c31)=NC=2c1ccc2ccccc2c1. The second-order valence-corrected chi connectivity index (χ2v) is 18.4. The Bertz CT molecular complexity index is 3960. The molecular formula is C56H34IN3. The van der Waals surface area contributed by atoms with Crippen LogP contribution in [-0.4, -0.2) is 13.0 Å². The van der Waals surface area contributed by atoms with Crippen LogP contribution >= 0.6 is 20.7 Å². The molecule has 0 saturated carbocycles. The predicted octanol–water partition coefficient (Wildman–Crippen LogP) is 14.3. The van der Waals surface area contributed by atoms with E-state index in [-0.39, 0.29) is 0 Å². The van der Waals surface area contributed by atoms with Gasteiger partial charge in [0.1, 0.15) is 0 Å². The highest BCUT2D eigenvalue weighted by Gasteiger charge is 2.23. The van der Waals surface area contributed by atoms with Crippen LogP contribution in [0.15, 0.2) is 211 Å². The Labute approximate surface area is 355 Å². The van der Waals surface area contributed by atoms with Crippen molar-refractivity contribution in [1.29, 1.82) is 0 Å². The van der Waals surface area contributed by atoms with Crippen LogP contribution in [0.5, 0.6) is 0 Å². The Morgan fingerprint density at radius 3 is 1.75 bits per heavy atom. The molecule has 0 saturated heterocycles. The summed E-state index contributed by atoms with van der Waals surface area (Å²) < 4.78 is 7.48. The van der Waals surface area contributed by atoms with Crippen molar-refractivity contribution in [2.24, 2.45) is 4.99 Å². The molecule has 4 heteroatoms. The molecule has 1 aliphatic rings. The average molecular weight is 876 g/mol. The van der Waals surface area contributed by atoms with Crippen molar-refractivity contribution in [1.82, 2.24) is 9.13 Å². The van der Waals surface area contributed by atoms with Gasteiger partial charge in [0, 0.05) is 46.7 Å². The number of halogens is 1. The standard InChI is InChI=1S/C56H34IN3/c1-3-15-37-31-41(26-25-35(37)13-1)54-46-21-7-10-22-49(46)57-56(58-54)60-51-24-12-9-20-45(51)48-33-39-17-5-6-18-43(39)53(55(48)60)40-28-30-52-47(34-40)44-19-8-11-23-50(44)59(52)42-29-27-36-14-2-4-16-38(36)32-42/h1-34H. The Kier molecular flexibility index (Phi) is 7.42. The third-order valence-electron chi connectivity index (χ3n) is 12.4. The maximum atomic E-state index is 5.75. The van der Waals surface area contributed by atoms with E-state index in [0.717, 1.165) is 15.1 Å². The molecule has 13 rings (SSSR count). The molecule has 0 radical (unpaired) electrons. The molecule has 0 fully saturated rings. The van der Waals surface area contributed by atoms with Gasteiger partial charge in [0.25, 0.3) is 0 Å². The van der Waals surface area contributed by atoms with Gasteiger partial charge in [0.2, 0.25) is 0 Å². The van der Waals surface area contributed by atoms with Gasteiger partial charge in [-0.15, -0.1) is 0 Å². The van der Waals surface area contributed by atoms with E-state index in [2.05, 4.69) is 215 Å². The topological polar surface area (TPSA) is 22.2 Å². The van der Waals surface area contributed by atoms with Gasteiger partial charge in [0.05, 0.1) is 27.8 Å². The number of hydrogen-bond donors (Lipinski definition) is 0. The van der Waals surface area contributed by atoms with Crippen molar-refractivity contribution in [3.63, 3.8) is 0 Å². The van der Waals surface area contributed by atoms with Crippen molar-refractivity contribution >= 4 is 106 Å². The van der Waals surface area contributed by atoms with E-state index in [9.17, 15) is 0 Å². The molecule has 0 spiro atoms. The number of benzene rings is 10.